The van der Waals surface area contributed by atoms with Crippen LogP contribution in [0.4, 0.5) is 0 Å². The van der Waals surface area contributed by atoms with Gasteiger partial charge in [0.2, 0.25) is 17.7 Å². The maximum absolute atomic E-state index is 13.6. The molecule has 1 heterocycles. The van der Waals surface area contributed by atoms with Crippen molar-refractivity contribution >= 4 is 46.4 Å². The number of carboxylic acid groups (broad SMARTS) is 1. The summed E-state index contributed by atoms with van der Waals surface area (Å²) in [5.74, 6) is -2.66. The number of carbonyl (C=O) groups excluding carboxylic acids is 3. The molecule has 40 heavy (non-hydrogen) atoms. The molecule has 0 bridgehead atoms. The molecule has 0 saturated heterocycles. The van der Waals surface area contributed by atoms with Crippen molar-refractivity contribution < 1.29 is 29.4 Å². The fraction of sp³-hybridized carbons (Fsp3) is 0.357. The number of hydrogen-bond donors (Lipinski definition) is 7. The minimum absolute atomic E-state index is 0.0527. The fourth-order valence-corrected chi connectivity index (χ4v) is 4.66. The minimum atomic E-state index is -1.54. The average molecular weight is 570 g/mol. The van der Waals surface area contributed by atoms with Crippen molar-refractivity contribution in [2.75, 3.05) is 18.6 Å². The SMILES string of the molecule is CSCCC(N)C(=O)NC(Cc1c[nH]c2ccccc12)C(=O)NC(Cc1ccccc1)C(=O)NC(CO)C(=O)O. The number of nitrogens with one attached hydrogen (secondary N) is 4. The van der Waals surface area contributed by atoms with Crippen molar-refractivity contribution in [3.8, 4) is 0 Å². The van der Waals surface area contributed by atoms with E-state index in [1.54, 1.807) is 48.3 Å². The predicted octanol–water partition coefficient (Wildman–Crippen LogP) is 0.565. The summed E-state index contributed by atoms with van der Waals surface area (Å²) in [6.45, 7) is -0.819. The van der Waals surface area contributed by atoms with Gasteiger partial charge in [-0.3, -0.25) is 14.4 Å². The van der Waals surface area contributed by atoms with E-state index in [-0.39, 0.29) is 12.8 Å². The number of rotatable bonds is 15. The van der Waals surface area contributed by atoms with Crippen LogP contribution < -0.4 is 21.7 Å². The lowest BCUT2D eigenvalue weighted by Gasteiger charge is -2.25. The van der Waals surface area contributed by atoms with Crippen molar-refractivity contribution in [2.45, 2.75) is 43.4 Å². The first-order valence-electron chi connectivity index (χ1n) is 12.8. The number of thioether (sulfide) groups is 1. The molecule has 0 radical (unpaired) electrons. The van der Waals surface area contributed by atoms with Crippen LogP contribution in [0, 0.1) is 0 Å². The number of para-hydroxylation sites is 1. The number of fused-ring (bicyclic) bond motifs is 1. The zero-order valence-corrected chi connectivity index (χ0v) is 22.9. The molecule has 0 saturated carbocycles. The lowest BCUT2D eigenvalue weighted by atomic mass is 10.0. The number of carboxylic acids is 1. The van der Waals surface area contributed by atoms with Crippen LogP contribution in [0.2, 0.25) is 0 Å². The number of hydrogen-bond acceptors (Lipinski definition) is 7. The van der Waals surface area contributed by atoms with Crippen LogP contribution in [-0.2, 0) is 32.0 Å². The summed E-state index contributed by atoms with van der Waals surface area (Å²) in [7, 11) is 0. The molecule has 3 aromatic rings. The molecule has 0 spiro atoms. The normalized spacial score (nSPS) is 14.1. The zero-order chi connectivity index (χ0) is 29.1. The monoisotopic (exact) mass is 569 g/mol. The molecule has 12 heteroatoms. The van der Waals surface area contributed by atoms with Gasteiger partial charge in [-0.1, -0.05) is 48.5 Å². The molecule has 3 amide bonds. The van der Waals surface area contributed by atoms with E-state index in [4.69, 9.17) is 5.73 Å². The van der Waals surface area contributed by atoms with Gasteiger partial charge >= 0.3 is 5.97 Å². The van der Waals surface area contributed by atoms with Crippen LogP contribution in [0.1, 0.15) is 17.5 Å². The van der Waals surface area contributed by atoms with Gasteiger partial charge in [0, 0.05) is 29.9 Å². The molecule has 214 valence electrons. The van der Waals surface area contributed by atoms with Crippen LogP contribution >= 0.6 is 11.8 Å². The van der Waals surface area contributed by atoms with E-state index >= 15 is 0 Å². The van der Waals surface area contributed by atoms with Crippen LogP contribution in [0.3, 0.4) is 0 Å². The Hall–Kier alpha value is -3.87. The Morgan fingerprint density at radius 3 is 2.12 bits per heavy atom. The van der Waals surface area contributed by atoms with Gasteiger partial charge in [-0.25, -0.2) is 4.79 Å². The molecule has 11 nitrogen and oxygen atoms in total. The van der Waals surface area contributed by atoms with Gasteiger partial charge in [0.15, 0.2) is 0 Å². The van der Waals surface area contributed by atoms with Gasteiger partial charge in [-0.2, -0.15) is 11.8 Å². The number of amides is 3. The molecule has 4 unspecified atom stereocenters. The summed E-state index contributed by atoms with van der Waals surface area (Å²) in [6.07, 6.45) is 4.26. The van der Waals surface area contributed by atoms with Crippen molar-refractivity contribution in [3.63, 3.8) is 0 Å². The van der Waals surface area contributed by atoms with E-state index in [9.17, 15) is 29.4 Å². The van der Waals surface area contributed by atoms with Gasteiger partial charge in [-0.05, 0) is 35.6 Å². The molecule has 8 N–H and O–H groups in total. The molecule has 2 aromatic carbocycles. The third-order valence-corrected chi connectivity index (χ3v) is 7.06. The van der Waals surface area contributed by atoms with Crippen molar-refractivity contribution in [2.24, 2.45) is 5.73 Å². The van der Waals surface area contributed by atoms with Gasteiger partial charge in [0.25, 0.3) is 0 Å². The van der Waals surface area contributed by atoms with Crippen LogP contribution in [0.25, 0.3) is 10.9 Å². The number of benzene rings is 2. The Balaban J connectivity index is 1.87. The zero-order valence-electron chi connectivity index (χ0n) is 22.1. The number of aliphatic hydroxyl groups is 1. The summed E-state index contributed by atoms with van der Waals surface area (Å²) < 4.78 is 0. The van der Waals surface area contributed by atoms with Gasteiger partial charge in [0.1, 0.15) is 18.1 Å². The number of aromatic nitrogens is 1. The van der Waals surface area contributed by atoms with Crippen molar-refractivity contribution in [1.29, 1.82) is 0 Å². The van der Waals surface area contributed by atoms with Crippen molar-refractivity contribution in [1.82, 2.24) is 20.9 Å². The maximum atomic E-state index is 13.6. The number of nitrogens with two attached hydrogens (primary N) is 1. The maximum Gasteiger partial charge on any atom is 0.328 e. The summed E-state index contributed by atoms with van der Waals surface area (Å²) in [5, 5.41) is 27.2. The number of carbonyl (C=O) groups is 4. The van der Waals surface area contributed by atoms with E-state index in [2.05, 4.69) is 20.9 Å². The summed E-state index contributed by atoms with van der Waals surface area (Å²) in [6, 6.07) is 11.8. The van der Waals surface area contributed by atoms with Crippen LogP contribution in [0.15, 0.2) is 60.8 Å². The number of aromatic amines is 1. The predicted molar refractivity (Wildman–Crippen MR) is 154 cm³/mol. The number of aliphatic hydroxyl groups excluding tert-OH is 1. The van der Waals surface area contributed by atoms with E-state index < -0.39 is 54.5 Å². The molecule has 0 aliphatic heterocycles. The molecule has 3 rings (SSSR count). The molecular formula is C28H35N5O6S. The second-order valence-electron chi connectivity index (χ2n) is 9.35. The first kappa shape index (κ1) is 30.7. The highest BCUT2D eigenvalue weighted by Crippen LogP contribution is 2.19. The van der Waals surface area contributed by atoms with Crippen LogP contribution in [0.5, 0.6) is 0 Å². The molecule has 4 atom stereocenters. The first-order valence-corrected chi connectivity index (χ1v) is 14.2. The topological polar surface area (TPSA) is 187 Å². The third kappa shape index (κ3) is 8.57. The minimum Gasteiger partial charge on any atom is -0.480 e. The molecule has 0 fully saturated rings. The molecule has 1 aromatic heterocycles. The lowest BCUT2D eigenvalue weighted by Crippen LogP contribution is -2.58. The largest absolute Gasteiger partial charge is 0.480 e. The highest BCUT2D eigenvalue weighted by Gasteiger charge is 2.31. The number of aliphatic carboxylic acids is 1. The van der Waals surface area contributed by atoms with Gasteiger partial charge < -0.3 is 36.9 Å². The Kier molecular flexibility index (Phi) is 11.5. The standard InChI is InChI=1S/C28H35N5O6S/c1-40-12-11-20(29)25(35)31-23(14-18-15-30-21-10-6-5-9-19(18)21)27(37)32-22(13-17-7-3-2-4-8-17)26(36)33-24(16-34)28(38)39/h2-10,15,20,22-24,30,34H,11-14,16,29H2,1H3,(H,31,35)(H,32,37)(H,33,36)(H,38,39). The van der Waals surface area contributed by atoms with Gasteiger partial charge in [-0.15, -0.1) is 0 Å². The summed E-state index contributed by atoms with van der Waals surface area (Å²) in [5.41, 5.74) is 8.42. The molecule has 0 aliphatic rings. The van der Waals surface area contributed by atoms with E-state index in [1.165, 1.54) is 0 Å². The second kappa shape index (κ2) is 15.1. The van der Waals surface area contributed by atoms with Crippen molar-refractivity contribution in [3.05, 3.63) is 71.9 Å². The van der Waals surface area contributed by atoms with Crippen LogP contribution in [-0.4, -0.2) is 81.7 Å². The lowest BCUT2D eigenvalue weighted by molar-refractivity contribution is -0.143. The van der Waals surface area contributed by atoms with Gasteiger partial charge in [0.05, 0.1) is 12.6 Å². The smallest absolute Gasteiger partial charge is 0.328 e. The Morgan fingerprint density at radius 1 is 0.875 bits per heavy atom. The second-order valence-corrected chi connectivity index (χ2v) is 10.3. The van der Waals surface area contributed by atoms with E-state index in [0.717, 1.165) is 22.0 Å². The Labute approximate surface area is 236 Å². The highest BCUT2D eigenvalue weighted by atomic mass is 32.2. The third-order valence-electron chi connectivity index (χ3n) is 6.41. The number of H-pyrrole nitrogens is 1. The Morgan fingerprint density at radius 2 is 1.48 bits per heavy atom. The van der Waals surface area contributed by atoms with E-state index in [0.29, 0.717) is 12.2 Å². The fourth-order valence-electron chi connectivity index (χ4n) is 4.17. The Bertz CT molecular complexity index is 1300. The molecule has 0 aliphatic carbocycles. The summed E-state index contributed by atoms with van der Waals surface area (Å²) >= 11 is 1.55. The average Bonchev–Trinajstić information content (AvgIpc) is 3.36. The quantitative estimate of drug-likeness (QED) is 0.138. The summed E-state index contributed by atoms with van der Waals surface area (Å²) in [4.78, 5) is 54.2. The first-order chi connectivity index (χ1) is 19.2. The van der Waals surface area contributed by atoms with E-state index in [1.807, 2.05) is 30.5 Å². The molecular weight excluding hydrogens is 534 g/mol. The highest BCUT2D eigenvalue weighted by molar-refractivity contribution is 7.98.